The Morgan fingerprint density at radius 1 is 1.03 bits per heavy atom. The SMILES string of the molecule is COc1cc(C(=O)NC(C)c2ccc(S(=O)(=O)N(C)C)cc2)ccc1OCCC(C)C. The molecule has 0 aliphatic rings. The Labute approximate surface area is 185 Å². The summed E-state index contributed by atoms with van der Waals surface area (Å²) in [4.78, 5) is 12.9. The van der Waals surface area contributed by atoms with E-state index in [1.165, 1.54) is 21.2 Å². The zero-order chi connectivity index (χ0) is 23.2. The van der Waals surface area contributed by atoms with Gasteiger partial charge in [-0.3, -0.25) is 4.79 Å². The molecule has 0 heterocycles. The van der Waals surface area contributed by atoms with Gasteiger partial charge in [-0.05, 0) is 55.2 Å². The molecule has 1 unspecified atom stereocenters. The maximum absolute atomic E-state index is 12.7. The molecular weight excluding hydrogens is 416 g/mol. The van der Waals surface area contributed by atoms with E-state index in [4.69, 9.17) is 9.47 Å². The van der Waals surface area contributed by atoms with Gasteiger partial charge in [0.05, 0.1) is 24.7 Å². The first kappa shape index (κ1) is 24.7. The summed E-state index contributed by atoms with van der Waals surface area (Å²) in [6, 6.07) is 11.3. The van der Waals surface area contributed by atoms with Crippen molar-refractivity contribution in [1.29, 1.82) is 0 Å². The van der Waals surface area contributed by atoms with Gasteiger partial charge in [0, 0.05) is 19.7 Å². The third-order valence-corrected chi connectivity index (χ3v) is 6.71. The molecule has 1 amide bonds. The molecule has 0 aromatic heterocycles. The van der Waals surface area contributed by atoms with Gasteiger partial charge in [0.15, 0.2) is 11.5 Å². The fraction of sp³-hybridized carbons (Fsp3) is 0.435. The highest BCUT2D eigenvalue weighted by atomic mass is 32.2. The van der Waals surface area contributed by atoms with Crippen LogP contribution in [-0.4, -0.2) is 46.4 Å². The zero-order valence-electron chi connectivity index (χ0n) is 19.0. The summed E-state index contributed by atoms with van der Waals surface area (Å²) < 4.78 is 36.7. The normalized spacial score (nSPS) is 12.6. The lowest BCUT2D eigenvalue weighted by molar-refractivity contribution is 0.0939. The van der Waals surface area contributed by atoms with E-state index in [2.05, 4.69) is 19.2 Å². The van der Waals surface area contributed by atoms with Crippen molar-refractivity contribution >= 4 is 15.9 Å². The lowest BCUT2D eigenvalue weighted by Crippen LogP contribution is -2.27. The maximum atomic E-state index is 12.7. The summed E-state index contributed by atoms with van der Waals surface area (Å²) in [6.07, 6.45) is 0.928. The summed E-state index contributed by atoms with van der Waals surface area (Å²) in [5.41, 5.74) is 1.25. The summed E-state index contributed by atoms with van der Waals surface area (Å²) in [5.74, 6) is 1.38. The molecule has 0 fully saturated rings. The molecule has 2 aromatic carbocycles. The van der Waals surface area contributed by atoms with Crippen LogP contribution in [0.25, 0.3) is 0 Å². The predicted octanol–water partition coefficient (Wildman–Crippen LogP) is 3.86. The molecule has 0 bridgehead atoms. The van der Waals surface area contributed by atoms with E-state index in [-0.39, 0.29) is 16.8 Å². The van der Waals surface area contributed by atoms with E-state index >= 15 is 0 Å². The number of nitrogens with zero attached hydrogens (tertiary/aromatic N) is 1. The van der Waals surface area contributed by atoms with E-state index < -0.39 is 10.0 Å². The Hall–Kier alpha value is -2.58. The second-order valence-electron chi connectivity index (χ2n) is 7.95. The number of carbonyl (C=O) groups is 1. The zero-order valence-corrected chi connectivity index (χ0v) is 19.8. The van der Waals surface area contributed by atoms with Crippen LogP contribution in [0.1, 0.15) is 49.2 Å². The van der Waals surface area contributed by atoms with Crippen molar-refractivity contribution in [2.45, 2.75) is 38.1 Å². The Kier molecular flexibility index (Phi) is 8.47. The predicted molar refractivity (Wildman–Crippen MR) is 121 cm³/mol. The van der Waals surface area contributed by atoms with Gasteiger partial charge in [-0.15, -0.1) is 0 Å². The first-order chi connectivity index (χ1) is 14.6. The number of hydrogen-bond donors (Lipinski definition) is 1. The van der Waals surface area contributed by atoms with Crippen LogP contribution in [0.15, 0.2) is 47.4 Å². The quantitative estimate of drug-likeness (QED) is 0.597. The van der Waals surface area contributed by atoms with Gasteiger partial charge in [-0.25, -0.2) is 12.7 Å². The third-order valence-electron chi connectivity index (χ3n) is 4.88. The van der Waals surface area contributed by atoms with Crippen LogP contribution >= 0.6 is 0 Å². The molecular formula is C23H32N2O5S. The molecule has 8 heteroatoms. The summed E-state index contributed by atoms with van der Waals surface area (Å²) in [5, 5.41) is 2.93. The Bertz CT molecular complexity index is 986. The second kappa shape index (κ2) is 10.6. The number of benzene rings is 2. The van der Waals surface area contributed by atoms with E-state index in [1.807, 2.05) is 6.92 Å². The number of sulfonamides is 1. The van der Waals surface area contributed by atoms with Gasteiger partial charge in [-0.1, -0.05) is 26.0 Å². The van der Waals surface area contributed by atoms with Gasteiger partial charge in [0.25, 0.3) is 5.91 Å². The topological polar surface area (TPSA) is 84.9 Å². The van der Waals surface area contributed by atoms with Crippen LogP contribution in [0.2, 0.25) is 0 Å². The van der Waals surface area contributed by atoms with E-state index in [0.29, 0.717) is 29.6 Å². The molecule has 170 valence electrons. The molecule has 0 saturated heterocycles. The average molecular weight is 449 g/mol. The van der Waals surface area contributed by atoms with Gasteiger partial charge >= 0.3 is 0 Å². The minimum atomic E-state index is -3.49. The molecule has 1 N–H and O–H groups in total. The average Bonchev–Trinajstić information content (AvgIpc) is 2.73. The number of amides is 1. The number of methoxy groups -OCH3 is 1. The van der Waals surface area contributed by atoms with Crippen LogP contribution in [0.3, 0.4) is 0 Å². The van der Waals surface area contributed by atoms with Crippen LogP contribution in [0.4, 0.5) is 0 Å². The molecule has 1 atom stereocenters. The minimum Gasteiger partial charge on any atom is -0.493 e. The molecule has 0 radical (unpaired) electrons. The number of ether oxygens (including phenoxy) is 2. The number of carbonyl (C=O) groups excluding carboxylic acids is 1. The molecule has 0 aliphatic heterocycles. The first-order valence-corrected chi connectivity index (χ1v) is 11.6. The molecule has 2 rings (SSSR count). The van der Waals surface area contributed by atoms with E-state index in [0.717, 1.165) is 16.3 Å². The second-order valence-corrected chi connectivity index (χ2v) is 10.1. The third kappa shape index (κ3) is 6.45. The fourth-order valence-corrected chi connectivity index (χ4v) is 3.74. The molecule has 0 saturated carbocycles. The molecule has 2 aromatic rings. The molecule has 7 nitrogen and oxygen atoms in total. The van der Waals surface area contributed by atoms with Crippen molar-refractivity contribution in [3.8, 4) is 11.5 Å². The van der Waals surface area contributed by atoms with Crippen molar-refractivity contribution in [2.75, 3.05) is 27.8 Å². The highest BCUT2D eigenvalue weighted by Crippen LogP contribution is 2.29. The van der Waals surface area contributed by atoms with Crippen molar-refractivity contribution < 1.29 is 22.7 Å². The van der Waals surface area contributed by atoms with Crippen LogP contribution in [0, 0.1) is 5.92 Å². The first-order valence-electron chi connectivity index (χ1n) is 10.2. The van der Waals surface area contributed by atoms with Crippen LogP contribution in [0.5, 0.6) is 11.5 Å². The lowest BCUT2D eigenvalue weighted by atomic mass is 10.1. The summed E-state index contributed by atoms with van der Waals surface area (Å²) in [7, 11) is 1.03. The minimum absolute atomic E-state index is 0.206. The summed E-state index contributed by atoms with van der Waals surface area (Å²) >= 11 is 0. The van der Waals surface area contributed by atoms with Crippen molar-refractivity contribution in [1.82, 2.24) is 9.62 Å². The maximum Gasteiger partial charge on any atom is 0.251 e. The number of nitrogens with one attached hydrogen (secondary N) is 1. The Morgan fingerprint density at radius 3 is 2.23 bits per heavy atom. The summed E-state index contributed by atoms with van der Waals surface area (Å²) in [6.45, 7) is 6.68. The van der Waals surface area contributed by atoms with Gasteiger partial charge < -0.3 is 14.8 Å². The van der Waals surface area contributed by atoms with Crippen molar-refractivity contribution in [3.63, 3.8) is 0 Å². The standard InChI is InChI=1S/C23H32N2O5S/c1-16(2)13-14-30-21-12-9-19(15-22(21)29-6)23(26)24-17(3)18-7-10-20(11-8-18)31(27,28)25(4)5/h7-12,15-17H,13-14H2,1-6H3,(H,24,26). The van der Waals surface area contributed by atoms with E-state index in [9.17, 15) is 13.2 Å². The van der Waals surface area contributed by atoms with Gasteiger partial charge in [-0.2, -0.15) is 0 Å². The van der Waals surface area contributed by atoms with E-state index in [1.54, 1.807) is 42.5 Å². The van der Waals surface area contributed by atoms with Crippen LogP contribution < -0.4 is 14.8 Å². The Morgan fingerprint density at radius 2 is 1.68 bits per heavy atom. The largest absolute Gasteiger partial charge is 0.493 e. The highest BCUT2D eigenvalue weighted by Gasteiger charge is 2.18. The van der Waals surface area contributed by atoms with Crippen molar-refractivity contribution in [3.05, 3.63) is 53.6 Å². The highest BCUT2D eigenvalue weighted by molar-refractivity contribution is 7.89. The Balaban J connectivity index is 2.08. The molecule has 0 aliphatic carbocycles. The van der Waals surface area contributed by atoms with Gasteiger partial charge in [0.2, 0.25) is 10.0 Å². The lowest BCUT2D eigenvalue weighted by Gasteiger charge is -2.17. The molecule has 0 spiro atoms. The van der Waals surface area contributed by atoms with Gasteiger partial charge in [0.1, 0.15) is 0 Å². The smallest absolute Gasteiger partial charge is 0.251 e. The van der Waals surface area contributed by atoms with Crippen LogP contribution in [-0.2, 0) is 10.0 Å². The molecule has 31 heavy (non-hydrogen) atoms. The number of hydrogen-bond acceptors (Lipinski definition) is 5. The fourth-order valence-electron chi connectivity index (χ4n) is 2.84. The van der Waals surface area contributed by atoms with Crippen molar-refractivity contribution in [2.24, 2.45) is 5.92 Å². The number of rotatable bonds is 10. The monoisotopic (exact) mass is 448 g/mol.